The third-order valence-electron chi connectivity index (χ3n) is 7.42. The Morgan fingerprint density at radius 3 is 2.00 bits per heavy atom. The van der Waals surface area contributed by atoms with Gasteiger partial charge in [-0.25, -0.2) is 8.42 Å². The third kappa shape index (κ3) is 8.48. The minimum Gasteiger partial charge on any atom is -0.495 e. The second-order valence-corrected chi connectivity index (χ2v) is 13.0. The molecule has 0 aromatic heterocycles. The maximum Gasteiger partial charge on any atom is 0.265 e. The number of carbonyl (C=O) groups is 2. The van der Waals surface area contributed by atoms with E-state index in [1.54, 1.807) is 30.3 Å². The van der Waals surface area contributed by atoms with Crippen LogP contribution < -0.4 is 23.8 Å². The normalized spacial score (nSPS) is 11.7. The van der Waals surface area contributed by atoms with Crippen LogP contribution in [0.3, 0.4) is 0 Å². The topological polar surface area (TPSA) is 114 Å². The molecule has 4 aromatic carbocycles. The average molecular weight is 701 g/mol. The molecule has 2 amide bonds. The van der Waals surface area contributed by atoms with Crippen LogP contribution in [0.5, 0.6) is 17.2 Å². The monoisotopic (exact) mass is 699 g/mol. The summed E-state index contributed by atoms with van der Waals surface area (Å²) in [6, 6.07) is 23.6. The van der Waals surface area contributed by atoms with Gasteiger partial charge < -0.3 is 24.4 Å². The maximum absolute atomic E-state index is 14.5. The minimum absolute atomic E-state index is 0.0160. The van der Waals surface area contributed by atoms with E-state index in [1.165, 1.54) is 63.6 Å². The summed E-state index contributed by atoms with van der Waals surface area (Å²) in [5.41, 5.74) is 1.51. The van der Waals surface area contributed by atoms with Crippen LogP contribution in [0.4, 0.5) is 5.69 Å². The molecular formula is C34H35Cl2N3O7S. The van der Waals surface area contributed by atoms with Gasteiger partial charge in [0.15, 0.2) is 11.5 Å². The van der Waals surface area contributed by atoms with Gasteiger partial charge in [0.2, 0.25) is 11.8 Å². The van der Waals surface area contributed by atoms with Crippen molar-refractivity contribution in [3.8, 4) is 17.2 Å². The van der Waals surface area contributed by atoms with Crippen molar-refractivity contribution in [1.82, 2.24) is 10.2 Å². The van der Waals surface area contributed by atoms with Gasteiger partial charge in [-0.15, -0.1) is 0 Å². The van der Waals surface area contributed by atoms with Gasteiger partial charge in [-0.05, 0) is 53.6 Å². The molecule has 10 nitrogen and oxygen atoms in total. The summed E-state index contributed by atoms with van der Waals surface area (Å²) >= 11 is 12.5. The minimum atomic E-state index is -4.48. The largest absolute Gasteiger partial charge is 0.495 e. The summed E-state index contributed by atoms with van der Waals surface area (Å²) in [6.45, 7) is -0.721. The first-order valence-electron chi connectivity index (χ1n) is 14.4. The second kappa shape index (κ2) is 15.9. The molecule has 0 aliphatic rings. The molecule has 4 aromatic rings. The van der Waals surface area contributed by atoms with Crippen LogP contribution in [0.25, 0.3) is 0 Å². The summed E-state index contributed by atoms with van der Waals surface area (Å²) in [4.78, 5) is 29.2. The quantitative estimate of drug-likeness (QED) is 0.182. The van der Waals surface area contributed by atoms with Gasteiger partial charge >= 0.3 is 0 Å². The Balaban J connectivity index is 1.86. The lowest BCUT2D eigenvalue weighted by Crippen LogP contribution is -2.53. The molecular weight excluding hydrogens is 665 g/mol. The van der Waals surface area contributed by atoms with Crippen molar-refractivity contribution < 1.29 is 32.2 Å². The van der Waals surface area contributed by atoms with Crippen molar-refractivity contribution in [2.45, 2.75) is 23.9 Å². The highest BCUT2D eigenvalue weighted by molar-refractivity contribution is 7.92. The zero-order chi connectivity index (χ0) is 34.1. The van der Waals surface area contributed by atoms with Crippen molar-refractivity contribution in [2.24, 2.45) is 0 Å². The number of carbonyl (C=O) groups excluding carboxylic acids is 2. The second-order valence-electron chi connectivity index (χ2n) is 10.3. The van der Waals surface area contributed by atoms with E-state index in [1.807, 2.05) is 30.3 Å². The molecule has 248 valence electrons. The SMILES string of the molecule is CNC(=O)[C@@H](Cc1ccccc1)N(Cc1ccc(Cl)cc1)C(=O)CN(c1cc(Cl)ccc1OC)S(=O)(=O)c1ccc(OC)c(OC)c1. The van der Waals surface area contributed by atoms with Gasteiger partial charge in [0, 0.05) is 36.1 Å². The van der Waals surface area contributed by atoms with Crippen LogP contribution in [-0.4, -0.2) is 66.1 Å². The molecule has 0 heterocycles. The average Bonchev–Trinajstić information content (AvgIpc) is 3.09. The third-order valence-corrected chi connectivity index (χ3v) is 9.66. The molecule has 0 aliphatic carbocycles. The molecule has 0 fully saturated rings. The molecule has 13 heteroatoms. The first-order chi connectivity index (χ1) is 22.5. The number of likely N-dealkylation sites (N-methyl/N-ethyl adjacent to an activating group) is 1. The van der Waals surface area contributed by atoms with Gasteiger partial charge in [0.25, 0.3) is 10.0 Å². The van der Waals surface area contributed by atoms with Crippen LogP contribution in [-0.2, 0) is 32.6 Å². The molecule has 0 saturated heterocycles. The summed E-state index contributed by atoms with van der Waals surface area (Å²) in [6.07, 6.45) is 0.169. The number of sulfonamides is 1. The van der Waals surface area contributed by atoms with E-state index in [0.29, 0.717) is 16.3 Å². The van der Waals surface area contributed by atoms with Crippen molar-refractivity contribution >= 4 is 50.7 Å². The molecule has 1 atom stereocenters. The zero-order valence-corrected chi connectivity index (χ0v) is 28.6. The molecule has 47 heavy (non-hydrogen) atoms. The predicted molar refractivity (Wildman–Crippen MR) is 182 cm³/mol. The highest BCUT2D eigenvalue weighted by Gasteiger charge is 2.36. The molecule has 0 unspecified atom stereocenters. The van der Waals surface area contributed by atoms with Gasteiger partial charge in [-0.2, -0.15) is 0 Å². The van der Waals surface area contributed by atoms with E-state index in [2.05, 4.69) is 5.32 Å². The maximum atomic E-state index is 14.5. The lowest BCUT2D eigenvalue weighted by Gasteiger charge is -2.34. The van der Waals surface area contributed by atoms with Gasteiger partial charge in [-0.1, -0.05) is 65.7 Å². The predicted octanol–water partition coefficient (Wildman–Crippen LogP) is 5.60. The molecule has 0 aliphatic heterocycles. The molecule has 4 rings (SSSR count). The summed E-state index contributed by atoms with van der Waals surface area (Å²) in [7, 11) is 1.19. The number of amides is 2. The summed E-state index contributed by atoms with van der Waals surface area (Å²) in [5.74, 6) is -0.438. The summed E-state index contributed by atoms with van der Waals surface area (Å²) < 4.78 is 46.0. The van der Waals surface area contributed by atoms with E-state index in [4.69, 9.17) is 37.4 Å². The van der Waals surface area contributed by atoms with Crippen LogP contribution >= 0.6 is 23.2 Å². The molecule has 0 spiro atoms. The van der Waals surface area contributed by atoms with Crippen molar-refractivity contribution in [3.05, 3.63) is 112 Å². The number of anilines is 1. The number of rotatable bonds is 14. The fourth-order valence-electron chi connectivity index (χ4n) is 4.98. The van der Waals surface area contributed by atoms with Crippen LogP contribution in [0, 0.1) is 0 Å². The van der Waals surface area contributed by atoms with E-state index in [0.717, 1.165) is 9.87 Å². The van der Waals surface area contributed by atoms with Crippen molar-refractivity contribution in [3.63, 3.8) is 0 Å². The number of nitrogens with zero attached hydrogens (tertiary/aromatic N) is 2. The number of halogens is 2. The molecule has 1 N–H and O–H groups in total. The van der Waals surface area contributed by atoms with Gasteiger partial charge in [0.05, 0.1) is 31.9 Å². The van der Waals surface area contributed by atoms with E-state index in [9.17, 15) is 18.0 Å². The first kappa shape index (κ1) is 35.4. The zero-order valence-electron chi connectivity index (χ0n) is 26.3. The highest BCUT2D eigenvalue weighted by atomic mass is 35.5. The Hall–Kier alpha value is -4.45. The van der Waals surface area contributed by atoms with E-state index < -0.39 is 34.4 Å². The Morgan fingerprint density at radius 1 is 0.766 bits per heavy atom. The van der Waals surface area contributed by atoms with Gasteiger partial charge in [0.1, 0.15) is 18.3 Å². The number of methoxy groups -OCH3 is 3. The first-order valence-corrected chi connectivity index (χ1v) is 16.6. The fourth-order valence-corrected chi connectivity index (χ4v) is 6.71. The standard InChI is InChI=1S/C34H35Cl2N3O7S/c1-37-34(41)29(18-23-8-6-5-7-9-23)38(21-24-10-12-25(35)13-11-24)33(40)22-39(28-19-26(36)14-16-30(28)44-2)47(42,43)27-15-17-31(45-3)32(20-27)46-4/h5-17,19-20,29H,18,21-22H2,1-4H3,(H,37,41)/t29-/m1/s1. The Bertz CT molecular complexity index is 1810. The fraction of sp³-hybridized carbons (Fsp3) is 0.235. The summed E-state index contributed by atoms with van der Waals surface area (Å²) in [5, 5.41) is 3.37. The number of benzene rings is 4. The number of hydrogen-bond donors (Lipinski definition) is 1. The molecule has 0 bridgehead atoms. The van der Waals surface area contributed by atoms with E-state index in [-0.39, 0.29) is 40.1 Å². The molecule has 0 radical (unpaired) electrons. The van der Waals surface area contributed by atoms with Gasteiger partial charge in [-0.3, -0.25) is 13.9 Å². The number of nitrogens with one attached hydrogen (secondary N) is 1. The Kier molecular flexibility index (Phi) is 12.0. The van der Waals surface area contributed by atoms with E-state index >= 15 is 0 Å². The molecule has 0 saturated carbocycles. The van der Waals surface area contributed by atoms with Crippen LogP contribution in [0.2, 0.25) is 10.0 Å². The smallest absolute Gasteiger partial charge is 0.265 e. The Labute approximate surface area is 284 Å². The van der Waals surface area contributed by atoms with Crippen molar-refractivity contribution in [2.75, 3.05) is 39.2 Å². The van der Waals surface area contributed by atoms with Crippen molar-refractivity contribution in [1.29, 1.82) is 0 Å². The van der Waals surface area contributed by atoms with Crippen LogP contribution in [0.1, 0.15) is 11.1 Å². The lowest BCUT2D eigenvalue weighted by molar-refractivity contribution is -0.139. The number of ether oxygens (including phenoxy) is 3. The number of hydrogen-bond acceptors (Lipinski definition) is 7. The Morgan fingerprint density at radius 2 is 1.38 bits per heavy atom. The lowest BCUT2D eigenvalue weighted by atomic mass is 10.0. The highest BCUT2D eigenvalue weighted by Crippen LogP contribution is 2.37. The van der Waals surface area contributed by atoms with Crippen LogP contribution in [0.15, 0.2) is 95.9 Å².